The van der Waals surface area contributed by atoms with E-state index in [1.807, 2.05) is 12.1 Å². The van der Waals surface area contributed by atoms with Gasteiger partial charge in [0.2, 0.25) is 0 Å². The van der Waals surface area contributed by atoms with Gasteiger partial charge in [-0.3, -0.25) is 0 Å². The molecular formula is C14H19BrO4S. The van der Waals surface area contributed by atoms with E-state index < -0.39 is 20.7 Å². The zero-order valence-corrected chi connectivity index (χ0v) is 14.2. The highest BCUT2D eigenvalue weighted by atomic mass is 79.9. The van der Waals surface area contributed by atoms with Crippen molar-refractivity contribution in [3.05, 3.63) is 27.7 Å². The van der Waals surface area contributed by atoms with Crippen molar-refractivity contribution in [2.45, 2.75) is 37.5 Å². The normalized spacial score (nSPS) is 16.6. The average molecular weight is 363 g/mol. The quantitative estimate of drug-likeness (QED) is 0.890. The number of rotatable bonds is 4. The summed E-state index contributed by atoms with van der Waals surface area (Å²) >= 11 is 3.44. The van der Waals surface area contributed by atoms with Gasteiger partial charge >= 0.3 is 0 Å². The molecular weight excluding hydrogens is 344 g/mol. The number of aliphatic hydroxyl groups is 1. The number of halogens is 1. The highest BCUT2D eigenvalue weighted by Gasteiger charge is 2.38. The van der Waals surface area contributed by atoms with Gasteiger partial charge in [-0.05, 0) is 37.1 Å². The molecule has 0 saturated carbocycles. The monoisotopic (exact) mass is 362 g/mol. The lowest BCUT2D eigenvalue weighted by atomic mass is 9.96. The van der Waals surface area contributed by atoms with Gasteiger partial charge in [-0.1, -0.05) is 15.9 Å². The fourth-order valence-electron chi connectivity index (χ4n) is 2.20. The predicted molar refractivity (Wildman–Crippen MR) is 82.0 cm³/mol. The molecule has 1 N–H and O–H groups in total. The molecule has 0 radical (unpaired) electrons. The first-order chi connectivity index (χ1) is 9.13. The average Bonchev–Trinajstić information content (AvgIpc) is 2.75. The number of aliphatic hydroxyl groups excluding tert-OH is 1. The molecule has 1 heterocycles. The Morgan fingerprint density at radius 2 is 2.10 bits per heavy atom. The van der Waals surface area contributed by atoms with Crippen LogP contribution in [0.25, 0.3) is 0 Å². The van der Waals surface area contributed by atoms with Crippen molar-refractivity contribution in [3.8, 4) is 5.75 Å². The van der Waals surface area contributed by atoms with Gasteiger partial charge in [0.05, 0.1) is 17.5 Å². The van der Waals surface area contributed by atoms with E-state index in [4.69, 9.17) is 4.74 Å². The van der Waals surface area contributed by atoms with Crippen LogP contribution in [0.5, 0.6) is 5.75 Å². The fourth-order valence-corrected chi connectivity index (χ4v) is 3.33. The molecule has 1 aromatic rings. The first-order valence-electron chi connectivity index (χ1n) is 6.44. The molecule has 0 bridgehead atoms. The van der Waals surface area contributed by atoms with E-state index in [2.05, 4.69) is 15.9 Å². The highest BCUT2D eigenvalue weighted by molar-refractivity contribution is 9.10. The minimum absolute atomic E-state index is 0.252. The second-order valence-corrected chi connectivity index (χ2v) is 9.26. The topological polar surface area (TPSA) is 63.6 Å². The molecule has 1 atom stereocenters. The second-order valence-electron chi connectivity index (χ2n) is 5.75. The predicted octanol–water partition coefficient (Wildman–Crippen LogP) is 2.11. The van der Waals surface area contributed by atoms with Crippen LogP contribution in [-0.4, -0.2) is 37.2 Å². The first kappa shape index (κ1) is 15.8. The Bertz CT molecular complexity index is 622. The maximum atomic E-state index is 11.8. The zero-order valence-electron chi connectivity index (χ0n) is 11.8. The molecule has 112 valence electrons. The minimum Gasteiger partial charge on any atom is -0.493 e. The lowest BCUT2D eigenvalue weighted by molar-refractivity contribution is 0.137. The lowest BCUT2D eigenvalue weighted by Crippen LogP contribution is -2.44. The van der Waals surface area contributed by atoms with Gasteiger partial charge in [-0.15, -0.1) is 0 Å². The zero-order chi connectivity index (χ0) is 15.1. The number of ether oxygens (including phenoxy) is 1. The fraction of sp³-hybridized carbons (Fsp3) is 0.571. The molecule has 0 amide bonds. The van der Waals surface area contributed by atoms with Gasteiger partial charge in [-0.25, -0.2) is 8.42 Å². The van der Waals surface area contributed by atoms with Crippen LogP contribution in [0.2, 0.25) is 0 Å². The Labute approximate surface area is 128 Å². The Hall–Kier alpha value is -0.590. The van der Waals surface area contributed by atoms with Gasteiger partial charge < -0.3 is 9.84 Å². The van der Waals surface area contributed by atoms with Crippen LogP contribution in [0.4, 0.5) is 0 Å². The maximum absolute atomic E-state index is 11.8. The number of fused-ring (bicyclic) bond motifs is 1. The summed E-state index contributed by atoms with van der Waals surface area (Å²) in [6, 6.07) is 3.88. The molecule has 2 rings (SSSR count). The van der Waals surface area contributed by atoms with E-state index in [1.54, 1.807) is 13.8 Å². The molecule has 0 aromatic heterocycles. The van der Waals surface area contributed by atoms with E-state index in [0.29, 0.717) is 6.61 Å². The molecule has 0 fully saturated rings. The van der Waals surface area contributed by atoms with Crippen molar-refractivity contribution in [1.29, 1.82) is 0 Å². The third-order valence-electron chi connectivity index (χ3n) is 4.00. The highest BCUT2D eigenvalue weighted by Crippen LogP contribution is 2.35. The van der Waals surface area contributed by atoms with Gasteiger partial charge in [0.15, 0.2) is 9.84 Å². The third-order valence-corrected chi connectivity index (χ3v) is 6.64. The molecule has 1 aliphatic rings. The number of hydrogen-bond donors (Lipinski definition) is 1. The molecule has 20 heavy (non-hydrogen) atoms. The minimum atomic E-state index is -3.35. The third kappa shape index (κ3) is 2.87. The van der Waals surface area contributed by atoms with Crippen LogP contribution in [0, 0.1) is 0 Å². The molecule has 1 aliphatic heterocycles. The molecule has 0 saturated heterocycles. The maximum Gasteiger partial charge on any atom is 0.155 e. The van der Waals surface area contributed by atoms with E-state index in [9.17, 15) is 13.5 Å². The van der Waals surface area contributed by atoms with Crippen LogP contribution in [-0.2, 0) is 22.7 Å². The molecule has 6 heteroatoms. The Morgan fingerprint density at radius 3 is 2.70 bits per heavy atom. The summed E-state index contributed by atoms with van der Waals surface area (Å²) in [4.78, 5) is 0. The van der Waals surface area contributed by atoms with E-state index >= 15 is 0 Å². The van der Waals surface area contributed by atoms with E-state index in [1.165, 1.54) is 0 Å². The largest absolute Gasteiger partial charge is 0.493 e. The van der Waals surface area contributed by atoms with Crippen molar-refractivity contribution >= 4 is 25.8 Å². The van der Waals surface area contributed by atoms with Crippen LogP contribution < -0.4 is 4.74 Å². The summed E-state index contributed by atoms with van der Waals surface area (Å²) in [7, 11) is -3.35. The summed E-state index contributed by atoms with van der Waals surface area (Å²) < 4.78 is 28.9. The summed E-state index contributed by atoms with van der Waals surface area (Å²) in [5.41, 5.74) is 1.94. The van der Waals surface area contributed by atoms with E-state index in [0.717, 1.165) is 34.0 Å². The standard InChI is InChI=1S/C14H19BrO4S/c1-14(2,20(3,17)18)12(16)8-10-7-11(15)6-9-4-5-19-13(9)10/h6-7,12,16H,4-5,8H2,1-3H3. The van der Waals surface area contributed by atoms with E-state index in [-0.39, 0.29) is 6.42 Å². The Balaban J connectivity index is 2.32. The van der Waals surface area contributed by atoms with Crippen molar-refractivity contribution in [3.63, 3.8) is 0 Å². The van der Waals surface area contributed by atoms with Crippen molar-refractivity contribution < 1.29 is 18.3 Å². The Morgan fingerprint density at radius 1 is 1.45 bits per heavy atom. The van der Waals surface area contributed by atoms with Crippen LogP contribution in [0.15, 0.2) is 16.6 Å². The number of sulfone groups is 1. The van der Waals surface area contributed by atoms with Gasteiger partial charge in [0, 0.05) is 23.6 Å². The first-order valence-corrected chi connectivity index (χ1v) is 9.13. The summed E-state index contributed by atoms with van der Waals surface area (Å²) in [5, 5.41) is 10.3. The van der Waals surface area contributed by atoms with Crippen molar-refractivity contribution in [2.75, 3.05) is 12.9 Å². The molecule has 4 nitrogen and oxygen atoms in total. The molecule has 1 unspecified atom stereocenters. The Kier molecular flexibility index (Phi) is 4.19. The van der Waals surface area contributed by atoms with Gasteiger partial charge in [0.25, 0.3) is 0 Å². The van der Waals surface area contributed by atoms with Crippen LogP contribution in [0.1, 0.15) is 25.0 Å². The van der Waals surface area contributed by atoms with Gasteiger partial charge in [0.1, 0.15) is 5.75 Å². The molecule has 0 aliphatic carbocycles. The molecule has 1 aromatic carbocycles. The smallest absolute Gasteiger partial charge is 0.155 e. The SMILES string of the molecule is CC(C)(C(O)Cc1cc(Br)cc2c1OCC2)S(C)(=O)=O. The lowest BCUT2D eigenvalue weighted by Gasteiger charge is -2.29. The van der Waals surface area contributed by atoms with Crippen molar-refractivity contribution in [1.82, 2.24) is 0 Å². The van der Waals surface area contributed by atoms with Crippen LogP contribution in [0.3, 0.4) is 0 Å². The summed E-state index contributed by atoms with van der Waals surface area (Å²) in [6.07, 6.45) is 1.26. The summed E-state index contributed by atoms with van der Waals surface area (Å²) in [5.74, 6) is 0.788. The molecule has 0 spiro atoms. The van der Waals surface area contributed by atoms with Crippen molar-refractivity contribution in [2.24, 2.45) is 0 Å². The summed E-state index contributed by atoms with van der Waals surface area (Å²) in [6.45, 7) is 3.72. The number of benzene rings is 1. The second kappa shape index (κ2) is 5.31. The number of hydrogen-bond acceptors (Lipinski definition) is 4. The van der Waals surface area contributed by atoms with Crippen LogP contribution >= 0.6 is 15.9 Å². The van der Waals surface area contributed by atoms with Gasteiger partial charge in [-0.2, -0.15) is 0 Å².